The third-order valence-electron chi connectivity index (χ3n) is 13.0. The number of likely N-dealkylation sites (tertiary alicyclic amines) is 1. The second-order valence-corrected chi connectivity index (χ2v) is 15.3. The molecule has 238 valence electrons. The summed E-state index contributed by atoms with van der Waals surface area (Å²) >= 11 is 0. The molecular formula is C36H54N2O5. The first-order chi connectivity index (χ1) is 20.7. The van der Waals surface area contributed by atoms with Crippen molar-refractivity contribution in [2.45, 2.75) is 104 Å². The van der Waals surface area contributed by atoms with Crippen LogP contribution < -0.4 is 5.32 Å². The molecule has 1 aromatic rings. The van der Waals surface area contributed by atoms with Crippen LogP contribution in [0.2, 0.25) is 0 Å². The Morgan fingerprint density at radius 1 is 1.09 bits per heavy atom. The molecule has 2 aliphatic heterocycles. The molecule has 2 heterocycles. The van der Waals surface area contributed by atoms with Crippen molar-refractivity contribution in [1.29, 1.82) is 0 Å². The zero-order valence-corrected chi connectivity index (χ0v) is 26.6. The van der Waals surface area contributed by atoms with E-state index in [1.807, 2.05) is 35.2 Å². The van der Waals surface area contributed by atoms with Crippen molar-refractivity contribution >= 4 is 12.0 Å². The maximum atomic E-state index is 13.0. The van der Waals surface area contributed by atoms with E-state index in [2.05, 4.69) is 26.1 Å². The highest BCUT2D eigenvalue weighted by atomic mass is 16.6. The maximum absolute atomic E-state index is 13.0. The van der Waals surface area contributed by atoms with Gasteiger partial charge in [0.1, 0.15) is 6.61 Å². The standard InChI is InChI=1S/C36H54N2O5/c1-24(8-7-11-32(40)37-27-15-19-42-23-27)28-12-13-29-33-30(14-16-36(28,29)3)35(2)17-18-38(21-26(35)20-31(33)39)34(41)43-22-25-9-5-4-6-10-25/h4-6,9-10,24,26-31,33,39H,7-8,11-23H2,1-3H3,(H,37,40)/t24-,26-,27?,28-,29+,30+,31+,33+,35+,36-/m1/s1. The van der Waals surface area contributed by atoms with Gasteiger partial charge in [-0.3, -0.25) is 4.79 Å². The molecule has 1 aromatic carbocycles. The summed E-state index contributed by atoms with van der Waals surface area (Å²) in [4.78, 5) is 27.4. The molecule has 5 fully saturated rings. The van der Waals surface area contributed by atoms with Crippen LogP contribution in [0.15, 0.2) is 30.3 Å². The van der Waals surface area contributed by atoms with E-state index in [1.54, 1.807) is 0 Å². The number of ether oxygens (including phenoxy) is 2. The SMILES string of the molecule is C[C@H](CCCC(=O)NC1CCOC1)[C@H]1CC[C@H]2[C@@H]3[C@@H](O)C[C@@H]4CN(C(=O)OCc5ccccc5)CC[C@]4(C)[C@H]3CC[C@]12C. The summed E-state index contributed by atoms with van der Waals surface area (Å²) in [6.07, 6.45) is 9.68. The second kappa shape index (κ2) is 12.7. The van der Waals surface area contributed by atoms with Gasteiger partial charge in [-0.1, -0.05) is 51.1 Å². The predicted molar refractivity (Wildman–Crippen MR) is 166 cm³/mol. The number of nitrogens with zero attached hydrogens (tertiary/aromatic N) is 1. The largest absolute Gasteiger partial charge is 0.445 e. The van der Waals surface area contributed by atoms with Gasteiger partial charge in [0.25, 0.3) is 0 Å². The number of aliphatic hydroxyl groups excluding tert-OH is 1. The van der Waals surface area contributed by atoms with Crippen LogP contribution in [0.1, 0.15) is 90.5 Å². The number of carbonyl (C=O) groups excluding carboxylic acids is 2. The number of nitrogens with one attached hydrogen (secondary N) is 1. The summed E-state index contributed by atoms with van der Waals surface area (Å²) < 4.78 is 11.1. The summed E-state index contributed by atoms with van der Waals surface area (Å²) in [5, 5.41) is 14.9. The molecule has 2 saturated heterocycles. The number of hydrogen-bond donors (Lipinski definition) is 2. The minimum atomic E-state index is -0.301. The number of rotatable bonds is 8. The van der Waals surface area contributed by atoms with Gasteiger partial charge in [-0.25, -0.2) is 4.79 Å². The van der Waals surface area contributed by atoms with Gasteiger partial charge in [-0.2, -0.15) is 0 Å². The Morgan fingerprint density at radius 2 is 1.88 bits per heavy atom. The van der Waals surface area contributed by atoms with E-state index >= 15 is 0 Å². The second-order valence-electron chi connectivity index (χ2n) is 15.3. The number of benzene rings is 1. The van der Waals surface area contributed by atoms with Gasteiger partial charge < -0.3 is 24.8 Å². The molecule has 0 radical (unpaired) electrons. The lowest BCUT2D eigenvalue weighted by Crippen LogP contribution is -2.61. The van der Waals surface area contributed by atoms with Gasteiger partial charge in [0, 0.05) is 26.1 Å². The van der Waals surface area contributed by atoms with Gasteiger partial charge in [-0.15, -0.1) is 0 Å². The van der Waals surface area contributed by atoms with Crippen LogP contribution in [0, 0.1) is 46.3 Å². The van der Waals surface area contributed by atoms with E-state index < -0.39 is 0 Å². The summed E-state index contributed by atoms with van der Waals surface area (Å²) in [6, 6.07) is 10.1. The number of carbonyl (C=O) groups is 2. The van der Waals surface area contributed by atoms with Crippen LogP contribution in [0.4, 0.5) is 4.79 Å². The van der Waals surface area contributed by atoms with E-state index in [1.165, 1.54) is 25.7 Å². The van der Waals surface area contributed by atoms with Crippen molar-refractivity contribution in [2.24, 2.45) is 46.3 Å². The zero-order chi connectivity index (χ0) is 30.2. The monoisotopic (exact) mass is 594 g/mol. The van der Waals surface area contributed by atoms with Crippen molar-refractivity contribution in [3.05, 3.63) is 35.9 Å². The lowest BCUT2D eigenvalue weighted by atomic mass is 9.44. The Morgan fingerprint density at radius 3 is 2.65 bits per heavy atom. The average Bonchev–Trinajstić information content (AvgIpc) is 3.63. The Labute approximate surface area is 258 Å². The molecule has 3 aliphatic carbocycles. The highest BCUT2D eigenvalue weighted by Crippen LogP contribution is 2.67. The molecule has 10 atom stereocenters. The Hall–Kier alpha value is -2.12. The molecule has 1 unspecified atom stereocenters. The van der Waals surface area contributed by atoms with E-state index in [0.717, 1.165) is 50.8 Å². The van der Waals surface area contributed by atoms with E-state index in [9.17, 15) is 14.7 Å². The van der Waals surface area contributed by atoms with Crippen molar-refractivity contribution in [2.75, 3.05) is 26.3 Å². The highest BCUT2D eigenvalue weighted by Gasteiger charge is 2.63. The molecule has 6 rings (SSSR count). The molecule has 7 heteroatoms. The fourth-order valence-corrected chi connectivity index (χ4v) is 10.6. The van der Waals surface area contributed by atoms with E-state index in [-0.39, 0.29) is 35.0 Å². The number of fused-ring (bicyclic) bond motifs is 5. The maximum Gasteiger partial charge on any atom is 0.410 e. The van der Waals surface area contributed by atoms with Crippen LogP contribution in [-0.2, 0) is 20.9 Å². The molecule has 3 saturated carbocycles. The Balaban J connectivity index is 1.04. The normalized spacial score (nSPS) is 39.3. The molecule has 2 N–H and O–H groups in total. The third-order valence-corrected chi connectivity index (χ3v) is 13.0. The van der Waals surface area contributed by atoms with Crippen molar-refractivity contribution < 1.29 is 24.2 Å². The number of amides is 2. The lowest BCUT2D eigenvalue weighted by molar-refractivity contribution is -0.170. The van der Waals surface area contributed by atoms with Crippen molar-refractivity contribution in [3.8, 4) is 0 Å². The van der Waals surface area contributed by atoms with E-state index in [4.69, 9.17) is 9.47 Å². The summed E-state index contributed by atoms with van der Waals surface area (Å²) in [7, 11) is 0. The van der Waals surface area contributed by atoms with Crippen LogP contribution in [0.5, 0.6) is 0 Å². The Kier molecular flexibility index (Phi) is 9.13. The van der Waals surface area contributed by atoms with Gasteiger partial charge in [-0.05, 0) is 110 Å². The lowest BCUT2D eigenvalue weighted by Gasteiger charge is -2.62. The molecular weight excluding hydrogens is 540 g/mol. The Bertz CT molecular complexity index is 1120. The van der Waals surface area contributed by atoms with Crippen LogP contribution in [0.3, 0.4) is 0 Å². The molecule has 7 nitrogen and oxygen atoms in total. The van der Waals surface area contributed by atoms with Crippen molar-refractivity contribution in [1.82, 2.24) is 10.2 Å². The van der Waals surface area contributed by atoms with Crippen LogP contribution >= 0.6 is 0 Å². The minimum absolute atomic E-state index is 0.156. The highest BCUT2D eigenvalue weighted by molar-refractivity contribution is 5.76. The van der Waals surface area contributed by atoms with E-state index in [0.29, 0.717) is 61.7 Å². The van der Waals surface area contributed by atoms with Crippen LogP contribution in [-0.4, -0.2) is 60.5 Å². The fourth-order valence-electron chi connectivity index (χ4n) is 10.6. The quantitative estimate of drug-likeness (QED) is 0.375. The molecule has 2 amide bonds. The van der Waals surface area contributed by atoms with Crippen molar-refractivity contribution in [3.63, 3.8) is 0 Å². The first-order valence-electron chi connectivity index (χ1n) is 17.2. The number of aliphatic hydroxyl groups is 1. The van der Waals surface area contributed by atoms with Crippen LogP contribution in [0.25, 0.3) is 0 Å². The third kappa shape index (κ3) is 6.10. The van der Waals surface area contributed by atoms with Gasteiger partial charge in [0.05, 0.1) is 18.8 Å². The number of hydrogen-bond acceptors (Lipinski definition) is 5. The summed E-state index contributed by atoms with van der Waals surface area (Å²) in [6.45, 7) is 10.5. The number of piperidine rings is 1. The molecule has 5 aliphatic rings. The fraction of sp³-hybridized carbons (Fsp3) is 0.778. The minimum Gasteiger partial charge on any atom is -0.445 e. The predicted octanol–water partition coefficient (Wildman–Crippen LogP) is 6.19. The van der Waals surface area contributed by atoms with Gasteiger partial charge >= 0.3 is 6.09 Å². The molecule has 0 aromatic heterocycles. The molecule has 0 spiro atoms. The first-order valence-corrected chi connectivity index (χ1v) is 17.2. The topological polar surface area (TPSA) is 88.1 Å². The smallest absolute Gasteiger partial charge is 0.410 e. The average molecular weight is 595 g/mol. The summed E-state index contributed by atoms with van der Waals surface area (Å²) in [5.41, 5.74) is 1.42. The molecule has 43 heavy (non-hydrogen) atoms. The zero-order valence-electron chi connectivity index (χ0n) is 26.6. The summed E-state index contributed by atoms with van der Waals surface area (Å²) in [5.74, 6) is 3.15. The van der Waals surface area contributed by atoms with Gasteiger partial charge in [0.15, 0.2) is 0 Å². The van der Waals surface area contributed by atoms with Gasteiger partial charge in [0.2, 0.25) is 5.91 Å². The first kappa shape index (κ1) is 30.9. The molecule has 0 bridgehead atoms.